The van der Waals surface area contributed by atoms with Crippen molar-refractivity contribution in [2.24, 2.45) is 12.1 Å². The Balaban J connectivity index is 1.52. The number of benzene rings is 1. The first kappa shape index (κ1) is 18.4. The predicted molar refractivity (Wildman–Crippen MR) is 98.4 cm³/mol. The second-order valence-corrected chi connectivity index (χ2v) is 5.77. The van der Waals surface area contributed by atoms with Gasteiger partial charge in [-0.25, -0.2) is 5.43 Å². The highest BCUT2D eigenvalue weighted by atomic mass is 16.2. The maximum atomic E-state index is 11.8. The summed E-state index contributed by atoms with van der Waals surface area (Å²) in [5.74, 6) is -0.160. The van der Waals surface area contributed by atoms with Gasteiger partial charge < -0.3 is 9.88 Å². The van der Waals surface area contributed by atoms with Crippen LogP contribution >= 0.6 is 0 Å². The Kier molecular flexibility index (Phi) is 7.43. The highest BCUT2D eigenvalue weighted by Crippen LogP contribution is 2.01. The SMILES string of the molecule is Cn1cccc1/C=N/NC(=O)CCCCCNC(=O)c1ccccc1. The zero-order valence-electron chi connectivity index (χ0n) is 14.4. The van der Waals surface area contributed by atoms with Crippen molar-refractivity contribution in [2.75, 3.05) is 6.54 Å². The van der Waals surface area contributed by atoms with Crippen LogP contribution in [0.3, 0.4) is 0 Å². The van der Waals surface area contributed by atoms with Gasteiger partial charge in [-0.2, -0.15) is 5.10 Å². The van der Waals surface area contributed by atoms with Gasteiger partial charge in [-0.05, 0) is 37.1 Å². The molecule has 0 aliphatic rings. The Hall–Kier alpha value is -2.89. The van der Waals surface area contributed by atoms with Crippen molar-refractivity contribution in [2.45, 2.75) is 25.7 Å². The molecule has 0 aliphatic heterocycles. The molecular formula is C19H24N4O2. The van der Waals surface area contributed by atoms with Gasteiger partial charge in [-0.3, -0.25) is 9.59 Å². The molecule has 0 aliphatic carbocycles. The van der Waals surface area contributed by atoms with E-state index in [1.54, 1.807) is 18.3 Å². The van der Waals surface area contributed by atoms with Gasteiger partial charge in [0.05, 0.1) is 11.9 Å². The largest absolute Gasteiger partial charge is 0.352 e. The van der Waals surface area contributed by atoms with Crippen LogP contribution in [0, 0.1) is 0 Å². The molecule has 0 saturated carbocycles. The van der Waals surface area contributed by atoms with Crippen molar-refractivity contribution in [1.29, 1.82) is 0 Å². The van der Waals surface area contributed by atoms with Gasteiger partial charge in [0.2, 0.25) is 5.91 Å². The molecule has 0 spiro atoms. The number of hydrogen-bond acceptors (Lipinski definition) is 3. The number of hydrazone groups is 1. The van der Waals surface area contributed by atoms with Crippen LogP contribution < -0.4 is 10.7 Å². The van der Waals surface area contributed by atoms with Crippen molar-refractivity contribution < 1.29 is 9.59 Å². The second-order valence-electron chi connectivity index (χ2n) is 5.77. The molecule has 25 heavy (non-hydrogen) atoms. The Morgan fingerprint density at radius 1 is 1.08 bits per heavy atom. The van der Waals surface area contributed by atoms with Crippen LogP contribution in [-0.4, -0.2) is 29.1 Å². The van der Waals surface area contributed by atoms with Gasteiger partial charge in [0.1, 0.15) is 0 Å². The molecule has 1 aromatic heterocycles. The molecule has 1 aromatic carbocycles. The Morgan fingerprint density at radius 2 is 1.88 bits per heavy atom. The van der Waals surface area contributed by atoms with Gasteiger partial charge in [-0.15, -0.1) is 0 Å². The van der Waals surface area contributed by atoms with Gasteiger partial charge in [-0.1, -0.05) is 24.6 Å². The lowest BCUT2D eigenvalue weighted by atomic mass is 10.2. The summed E-state index contributed by atoms with van der Waals surface area (Å²) in [4.78, 5) is 23.5. The normalized spacial score (nSPS) is 10.8. The second kappa shape index (κ2) is 10.1. The maximum Gasteiger partial charge on any atom is 0.251 e. The van der Waals surface area contributed by atoms with E-state index in [4.69, 9.17) is 0 Å². The summed E-state index contributed by atoms with van der Waals surface area (Å²) in [5, 5.41) is 6.82. The molecule has 0 bridgehead atoms. The lowest BCUT2D eigenvalue weighted by Crippen LogP contribution is -2.24. The van der Waals surface area contributed by atoms with E-state index in [0.29, 0.717) is 18.5 Å². The number of carbonyl (C=O) groups excluding carboxylic acids is 2. The number of aryl methyl sites for hydroxylation is 1. The van der Waals surface area contributed by atoms with Crippen molar-refractivity contribution >= 4 is 18.0 Å². The number of carbonyl (C=O) groups is 2. The van der Waals surface area contributed by atoms with Gasteiger partial charge >= 0.3 is 0 Å². The van der Waals surface area contributed by atoms with Gasteiger partial charge in [0.25, 0.3) is 5.91 Å². The number of rotatable bonds is 9. The maximum absolute atomic E-state index is 11.8. The summed E-state index contributed by atoms with van der Waals surface area (Å²) in [6.45, 7) is 0.612. The molecule has 0 fully saturated rings. The molecule has 2 rings (SSSR count). The minimum Gasteiger partial charge on any atom is -0.352 e. The first-order valence-corrected chi connectivity index (χ1v) is 8.43. The third-order valence-electron chi connectivity index (χ3n) is 3.77. The summed E-state index contributed by atoms with van der Waals surface area (Å²) in [7, 11) is 1.92. The molecule has 1 heterocycles. The van der Waals surface area contributed by atoms with Crippen LogP contribution in [0.5, 0.6) is 0 Å². The lowest BCUT2D eigenvalue weighted by molar-refractivity contribution is -0.121. The highest BCUT2D eigenvalue weighted by molar-refractivity contribution is 5.94. The third kappa shape index (κ3) is 6.63. The van der Waals surface area contributed by atoms with E-state index in [1.807, 2.05) is 48.1 Å². The highest BCUT2D eigenvalue weighted by Gasteiger charge is 2.03. The molecule has 2 N–H and O–H groups in total. The molecule has 2 amide bonds. The average Bonchev–Trinajstić information content (AvgIpc) is 3.03. The summed E-state index contributed by atoms with van der Waals surface area (Å²) in [6, 6.07) is 13.0. The van der Waals surface area contributed by atoms with E-state index >= 15 is 0 Å². The zero-order chi connectivity index (χ0) is 17.9. The minimum atomic E-state index is -0.0984. The van der Waals surface area contributed by atoms with Gasteiger partial charge in [0, 0.05) is 31.8 Å². The Bertz CT molecular complexity index is 707. The summed E-state index contributed by atoms with van der Waals surface area (Å²) < 4.78 is 1.92. The Labute approximate surface area is 147 Å². The first-order chi connectivity index (χ1) is 12.2. The lowest BCUT2D eigenvalue weighted by Gasteiger charge is -2.05. The fourth-order valence-electron chi connectivity index (χ4n) is 2.32. The summed E-state index contributed by atoms with van der Waals surface area (Å²) >= 11 is 0. The van der Waals surface area contributed by atoms with E-state index in [9.17, 15) is 9.59 Å². The van der Waals surface area contributed by atoms with Crippen LogP contribution in [-0.2, 0) is 11.8 Å². The molecule has 6 nitrogen and oxygen atoms in total. The van der Waals surface area contributed by atoms with Crippen LogP contribution in [0.1, 0.15) is 41.7 Å². The van der Waals surface area contributed by atoms with Gasteiger partial charge in [0.15, 0.2) is 0 Å². The van der Waals surface area contributed by atoms with Crippen LogP contribution in [0.4, 0.5) is 0 Å². The predicted octanol–water partition coefficient (Wildman–Crippen LogP) is 2.47. The van der Waals surface area contributed by atoms with E-state index < -0.39 is 0 Å². The van der Waals surface area contributed by atoms with E-state index in [1.165, 1.54) is 0 Å². The fourth-order valence-corrected chi connectivity index (χ4v) is 2.32. The molecule has 6 heteroatoms. The molecule has 2 aromatic rings. The molecular weight excluding hydrogens is 316 g/mol. The molecule has 0 saturated heterocycles. The first-order valence-electron chi connectivity index (χ1n) is 8.43. The van der Waals surface area contributed by atoms with Crippen LogP contribution in [0.25, 0.3) is 0 Å². The number of nitrogens with zero attached hydrogens (tertiary/aromatic N) is 2. The zero-order valence-corrected chi connectivity index (χ0v) is 14.4. The topological polar surface area (TPSA) is 75.5 Å². The van der Waals surface area contributed by atoms with E-state index in [0.717, 1.165) is 25.0 Å². The molecule has 132 valence electrons. The summed E-state index contributed by atoms with van der Waals surface area (Å²) in [6.07, 6.45) is 6.46. The molecule has 0 unspecified atom stereocenters. The number of aromatic nitrogens is 1. The van der Waals surface area contributed by atoms with Crippen LogP contribution in [0.15, 0.2) is 53.8 Å². The number of nitrogens with one attached hydrogen (secondary N) is 2. The van der Waals surface area contributed by atoms with Crippen molar-refractivity contribution in [3.8, 4) is 0 Å². The quantitative estimate of drug-likeness (QED) is 0.418. The van der Waals surface area contributed by atoms with Crippen LogP contribution in [0.2, 0.25) is 0 Å². The van der Waals surface area contributed by atoms with Crippen molar-refractivity contribution in [3.05, 3.63) is 59.9 Å². The Morgan fingerprint density at radius 3 is 2.60 bits per heavy atom. The van der Waals surface area contributed by atoms with Crippen molar-refractivity contribution in [1.82, 2.24) is 15.3 Å². The standard InChI is InChI=1S/C19H24N4O2/c1-23-14-8-11-17(23)15-21-22-18(24)12-6-3-7-13-20-19(25)16-9-4-2-5-10-16/h2,4-5,8-11,14-15H,3,6-7,12-13H2,1H3,(H,20,25)(H,22,24)/b21-15+. The third-order valence-corrected chi connectivity index (χ3v) is 3.77. The fraction of sp³-hybridized carbons (Fsp3) is 0.316. The average molecular weight is 340 g/mol. The van der Waals surface area contributed by atoms with E-state index in [-0.39, 0.29) is 11.8 Å². The molecule has 0 radical (unpaired) electrons. The minimum absolute atomic E-state index is 0.0617. The smallest absolute Gasteiger partial charge is 0.251 e. The molecule has 0 atom stereocenters. The number of amides is 2. The van der Waals surface area contributed by atoms with Crippen molar-refractivity contribution in [3.63, 3.8) is 0 Å². The number of hydrogen-bond donors (Lipinski definition) is 2. The number of unbranched alkanes of at least 4 members (excludes halogenated alkanes) is 2. The monoisotopic (exact) mass is 340 g/mol. The van der Waals surface area contributed by atoms with E-state index in [2.05, 4.69) is 15.8 Å². The summed E-state index contributed by atoms with van der Waals surface area (Å²) in [5.41, 5.74) is 4.12.